The molecular formula is C28H21BrFNO5S. The molecule has 0 radical (unpaired) electrons. The van der Waals surface area contributed by atoms with E-state index in [9.17, 15) is 19.1 Å². The summed E-state index contributed by atoms with van der Waals surface area (Å²) in [6, 6.07) is 19.9. The van der Waals surface area contributed by atoms with E-state index >= 15 is 0 Å². The Morgan fingerprint density at radius 1 is 1.08 bits per heavy atom. The molecule has 6 nitrogen and oxygen atoms in total. The third-order valence-electron chi connectivity index (χ3n) is 5.19. The Balaban J connectivity index is 1.69. The number of aliphatic hydroxyl groups is 1. The number of esters is 1. The topological polar surface area (TPSA) is 85.2 Å². The quantitative estimate of drug-likeness (QED) is 0.306. The fourth-order valence-electron chi connectivity index (χ4n) is 3.41. The number of aliphatic hydroxyl groups excluding tert-OH is 1. The minimum absolute atomic E-state index is 0.00813. The molecule has 37 heavy (non-hydrogen) atoms. The minimum atomic E-state index is -0.791. The van der Waals surface area contributed by atoms with Crippen LogP contribution in [0.15, 0.2) is 98.5 Å². The van der Waals surface area contributed by atoms with Crippen molar-refractivity contribution in [2.45, 2.75) is 13.5 Å². The van der Waals surface area contributed by atoms with Gasteiger partial charge in [0.2, 0.25) is 0 Å². The van der Waals surface area contributed by atoms with Crippen molar-refractivity contribution in [2.24, 2.45) is 4.99 Å². The van der Waals surface area contributed by atoms with Crippen LogP contribution in [0.2, 0.25) is 0 Å². The maximum atomic E-state index is 14.1. The second kappa shape index (κ2) is 12.0. The Morgan fingerprint density at radius 3 is 2.54 bits per heavy atom. The molecule has 1 aliphatic rings. The van der Waals surface area contributed by atoms with Crippen molar-refractivity contribution in [3.63, 3.8) is 0 Å². The monoisotopic (exact) mass is 581 g/mol. The third-order valence-corrected chi connectivity index (χ3v) is 6.71. The average molecular weight is 582 g/mol. The van der Waals surface area contributed by atoms with Crippen LogP contribution in [0.5, 0.6) is 5.75 Å². The Bertz CT molecular complexity index is 1440. The number of hydrogen-bond donors (Lipinski definition) is 1. The molecule has 1 N–H and O–H groups in total. The van der Waals surface area contributed by atoms with E-state index in [1.165, 1.54) is 6.07 Å². The van der Waals surface area contributed by atoms with Gasteiger partial charge in [0, 0.05) is 21.2 Å². The molecule has 188 valence electrons. The molecule has 0 saturated carbocycles. The number of carbonyl (C=O) groups excluding carboxylic acids is 2. The van der Waals surface area contributed by atoms with Crippen LogP contribution in [0.25, 0.3) is 6.08 Å². The molecule has 4 rings (SSSR count). The molecule has 0 unspecified atom stereocenters. The summed E-state index contributed by atoms with van der Waals surface area (Å²) in [5, 5.41) is 11.0. The van der Waals surface area contributed by atoms with Gasteiger partial charge in [0.05, 0.1) is 11.5 Å². The summed E-state index contributed by atoms with van der Waals surface area (Å²) in [5.74, 6) is -1.66. The highest BCUT2D eigenvalue weighted by molar-refractivity contribution is 9.10. The number of thioether (sulfide) groups is 1. The first-order valence-corrected chi connectivity index (χ1v) is 12.8. The predicted octanol–water partition coefficient (Wildman–Crippen LogP) is 6.87. The van der Waals surface area contributed by atoms with Gasteiger partial charge in [-0.15, -0.1) is 0 Å². The molecule has 0 aliphatic carbocycles. The van der Waals surface area contributed by atoms with Gasteiger partial charge in [0.25, 0.3) is 5.91 Å². The highest BCUT2D eigenvalue weighted by Gasteiger charge is 2.34. The van der Waals surface area contributed by atoms with Crippen molar-refractivity contribution >= 4 is 50.7 Å². The molecule has 0 spiro atoms. The van der Waals surface area contributed by atoms with Gasteiger partial charge in [-0.1, -0.05) is 64.1 Å². The number of benzene rings is 3. The first kappa shape index (κ1) is 26.4. The fourth-order valence-corrected chi connectivity index (χ4v) is 4.79. The van der Waals surface area contributed by atoms with Gasteiger partial charge < -0.3 is 14.6 Å². The van der Waals surface area contributed by atoms with Gasteiger partial charge in [-0.25, -0.2) is 14.2 Å². The average Bonchev–Trinajstić information content (AvgIpc) is 3.19. The van der Waals surface area contributed by atoms with Crippen molar-refractivity contribution in [1.82, 2.24) is 0 Å². The number of ether oxygens (including phenoxy) is 2. The van der Waals surface area contributed by atoms with E-state index in [2.05, 4.69) is 20.9 Å². The molecule has 1 heterocycles. The normalized spacial score (nSPS) is 15.3. The molecule has 3 aromatic carbocycles. The van der Waals surface area contributed by atoms with Gasteiger partial charge in [0.15, 0.2) is 0 Å². The second-order valence-corrected chi connectivity index (χ2v) is 9.65. The van der Waals surface area contributed by atoms with Crippen LogP contribution in [0.1, 0.15) is 28.4 Å². The van der Waals surface area contributed by atoms with Crippen molar-refractivity contribution < 1.29 is 28.6 Å². The molecule has 0 bridgehead atoms. The van der Waals surface area contributed by atoms with Crippen LogP contribution in [0.3, 0.4) is 0 Å². The first-order valence-electron chi connectivity index (χ1n) is 11.2. The predicted molar refractivity (Wildman–Crippen MR) is 145 cm³/mol. The number of hydrogen-bond acceptors (Lipinski definition) is 6. The standard InChI is InChI=1S/C28H21BrFNO5S/c1-2-35-28(34)24-25(32)23(37-27(24)31-26(33)17-8-4-3-5-9-17)15-19-14-20(29)12-13-22(19)36-16-18-10-6-7-11-21(18)30/h3-15,32H,2,16H2,1H3/b23-15-,31-27?. The smallest absolute Gasteiger partial charge is 0.344 e. The molecular weight excluding hydrogens is 561 g/mol. The largest absolute Gasteiger partial charge is 0.506 e. The van der Waals surface area contributed by atoms with E-state index in [1.54, 1.807) is 79.7 Å². The van der Waals surface area contributed by atoms with E-state index in [0.29, 0.717) is 22.4 Å². The Hall–Kier alpha value is -3.69. The van der Waals surface area contributed by atoms with E-state index in [0.717, 1.165) is 16.2 Å². The minimum Gasteiger partial charge on any atom is -0.506 e. The van der Waals surface area contributed by atoms with Gasteiger partial charge in [-0.3, -0.25) is 4.79 Å². The lowest BCUT2D eigenvalue weighted by atomic mass is 10.1. The lowest BCUT2D eigenvalue weighted by molar-refractivity contribution is -0.138. The number of aliphatic imine (C=N–C) groups is 1. The van der Waals surface area contributed by atoms with Gasteiger partial charge in [-0.05, 0) is 49.4 Å². The maximum Gasteiger partial charge on any atom is 0.344 e. The van der Waals surface area contributed by atoms with Gasteiger partial charge in [0.1, 0.15) is 34.5 Å². The van der Waals surface area contributed by atoms with Crippen LogP contribution in [-0.4, -0.2) is 28.6 Å². The van der Waals surface area contributed by atoms with Crippen LogP contribution in [0.4, 0.5) is 4.39 Å². The maximum absolute atomic E-state index is 14.1. The number of halogens is 2. The van der Waals surface area contributed by atoms with E-state index in [4.69, 9.17) is 9.47 Å². The summed E-state index contributed by atoms with van der Waals surface area (Å²) in [6.45, 7) is 1.71. The number of amides is 1. The Labute approximate surface area is 225 Å². The van der Waals surface area contributed by atoms with Crippen molar-refractivity contribution in [2.75, 3.05) is 6.61 Å². The first-order chi connectivity index (χ1) is 17.9. The molecule has 3 aromatic rings. The second-order valence-electron chi connectivity index (χ2n) is 7.71. The van der Waals surface area contributed by atoms with Crippen LogP contribution in [0, 0.1) is 5.82 Å². The number of carbonyl (C=O) groups is 2. The van der Waals surface area contributed by atoms with Gasteiger partial charge >= 0.3 is 5.97 Å². The molecule has 0 fully saturated rings. The summed E-state index contributed by atoms with van der Waals surface area (Å²) < 4.78 is 25.8. The van der Waals surface area contributed by atoms with Crippen LogP contribution < -0.4 is 4.74 Å². The highest BCUT2D eigenvalue weighted by Crippen LogP contribution is 2.40. The number of nitrogens with zero attached hydrogens (tertiary/aromatic N) is 1. The summed E-state index contributed by atoms with van der Waals surface area (Å²) in [7, 11) is 0. The SMILES string of the molecule is CCOC(=O)C1=C(O)/C(=C/c2cc(Br)ccc2OCc2ccccc2F)SC1=NC(=O)c1ccccc1. The summed E-state index contributed by atoms with van der Waals surface area (Å²) in [6.07, 6.45) is 1.61. The molecule has 1 amide bonds. The third kappa shape index (κ3) is 6.36. The van der Waals surface area contributed by atoms with Crippen molar-refractivity contribution in [3.05, 3.63) is 116 Å². The summed E-state index contributed by atoms with van der Waals surface area (Å²) in [5.41, 5.74) is 1.09. The van der Waals surface area contributed by atoms with Crippen molar-refractivity contribution in [3.8, 4) is 5.75 Å². The van der Waals surface area contributed by atoms with Gasteiger partial charge in [-0.2, -0.15) is 0 Å². The summed E-state index contributed by atoms with van der Waals surface area (Å²) in [4.78, 5) is 29.7. The highest BCUT2D eigenvalue weighted by atomic mass is 79.9. The van der Waals surface area contributed by atoms with Crippen LogP contribution in [-0.2, 0) is 16.1 Å². The van der Waals surface area contributed by atoms with E-state index in [1.807, 2.05) is 0 Å². The van der Waals surface area contributed by atoms with E-state index < -0.39 is 11.9 Å². The van der Waals surface area contributed by atoms with E-state index in [-0.39, 0.29) is 40.3 Å². The molecule has 0 aromatic heterocycles. The van der Waals surface area contributed by atoms with Crippen molar-refractivity contribution in [1.29, 1.82) is 0 Å². The lowest BCUT2D eigenvalue weighted by Crippen LogP contribution is -2.14. The molecule has 9 heteroatoms. The van der Waals surface area contributed by atoms with Crippen LogP contribution >= 0.6 is 27.7 Å². The zero-order valence-electron chi connectivity index (χ0n) is 19.6. The molecule has 1 aliphatic heterocycles. The zero-order valence-corrected chi connectivity index (χ0v) is 22.0. The lowest BCUT2D eigenvalue weighted by Gasteiger charge is -2.11. The number of rotatable bonds is 7. The molecule has 0 saturated heterocycles. The molecule has 0 atom stereocenters. The summed E-state index contributed by atoms with van der Waals surface area (Å²) >= 11 is 4.39. The Morgan fingerprint density at radius 2 is 1.81 bits per heavy atom. The zero-order chi connectivity index (χ0) is 26.4. The fraction of sp³-hybridized carbons (Fsp3) is 0.107. The Kier molecular flexibility index (Phi) is 8.58.